The Morgan fingerprint density at radius 1 is 1.23 bits per heavy atom. The Kier molecular flexibility index (Phi) is 5.14. The van der Waals surface area contributed by atoms with E-state index in [0.29, 0.717) is 11.2 Å². The van der Waals surface area contributed by atoms with Gasteiger partial charge in [-0.1, -0.05) is 0 Å². The normalized spacial score (nSPS) is 24.4. The average Bonchev–Trinajstić information content (AvgIpc) is 3.07. The summed E-state index contributed by atoms with van der Waals surface area (Å²) in [6.07, 6.45) is -0.684. The molecule has 1 fully saturated rings. The number of nitrogens with two attached hydrogens (primary N) is 1. The van der Waals surface area contributed by atoms with E-state index in [9.17, 15) is 9.13 Å². The summed E-state index contributed by atoms with van der Waals surface area (Å²) in [5.74, 6) is 0.135. The Bertz CT molecular complexity index is 894. The highest BCUT2D eigenvalue weighted by molar-refractivity contribution is 7.46. The molecule has 2 aromatic rings. The number of rotatable bonds is 6. The standard InChI is InChI=1S/C10H15N5O9P2/c11-9-8-10(13-3-12-9)15(4-14-8)7-1-5(24-26(19,20)21)6(23-7)2-22-25(16,17)18/h3-7H,1-2H2,(H2,11,12,13)(H2,16,17,18)(H2,19,20,21)/t5-,6?,7-/m1/s1. The number of aromatic nitrogens is 4. The second kappa shape index (κ2) is 6.93. The molecule has 0 saturated carbocycles. The van der Waals surface area contributed by atoms with Crippen molar-refractivity contribution in [3.8, 4) is 0 Å². The van der Waals surface area contributed by atoms with Crippen LogP contribution in [0.4, 0.5) is 5.82 Å². The second-order valence-corrected chi connectivity index (χ2v) is 7.80. The molecule has 1 saturated heterocycles. The zero-order valence-corrected chi connectivity index (χ0v) is 14.7. The third-order valence-corrected chi connectivity index (χ3v) is 4.59. The molecule has 26 heavy (non-hydrogen) atoms. The average molecular weight is 411 g/mol. The van der Waals surface area contributed by atoms with Crippen LogP contribution in [-0.2, 0) is 22.9 Å². The molecule has 1 aliphatic heterocycles. The van der Waals surface area contributed by atoms with Gasteiger partial charge in [-0.3, -0.25) is 13.6 Å². The van der Waals surface area contributed by atoms with E-state index in [4.69, 9.17) is 30.0 Å². The van der Waals surface area contributed by atoms with Gasteiger partial charge in [0.2, 0.25) is 0 Å². The van der Waals surface area contributed by atoms with Gasteiger partial charge in [-0.2, -0.15) is 0 Å². The molecule has 3 rings (SSSR count). The molecule has 1 unspecified atom stereocenters. The molecule has 0 aliphatic carbocycles. The minimum absolute atomic E-state index is 0.0599. The van der Waals surface area contributed by atoms with Gasteiger partial charge in [0.05, 0.1) is 12.9 Å². The fraction of sp³-hybridized carbons (Fsp3) is 0.500. The summed E-state index contributed by atoms with van der Waals surface area (Å²) in [5.41, 5.74) is 6.32. The van der Waals surface area contributed by atoms with Gasteiger partial charge in [0, 0.05) is 6.42 Å². The van der Waals surface area contributed by atoms with Crippen LogP contribution in [0.15, 0.2) is 12.7 Å². The summed E-state index contributed by atoms with van der Waals surface area (Å²) < 4.78 is 38.1. The van der Waals surface area contributed by atoms with Crippen LogP contribution in [0.5, 0.6) is 0 Å². The molecule has 0 radical (unpaired) electrons. The van der Waals surface area contributed by atoms with Crippen LogP contribution >= 0.6 is 15.6 Å². The van der Waals surface area contributed by atoms with E-state index in [2.05, 4.69) is 24.0 Å². The first-order chi connectivity index (χ1) is 12.0. The Balaban J connectivity index is 1.85. The van der Waals surface area contributed by atoms with Crippen molar-refractivity contribution in [2.24, 2.45) is 0 Å². The number of anilines is 1. The number of imidazole rings is 1. The van der Waals surface area contributed by atoms with Crippen molar-refractivity contribution in [2.75, 3.05) is 12.3 Å². The molecule has 0 aromatic carbocycles. The van der Waals surface area contributed by atoms with Gasteiger partial charge in [-0.25, -0.2) is 24.1 Å². The van der Waals surface area contributed by atoms with E-state index in [1.54, 1.807) is 0 Å². The van der Waals surface area contributed by atoms with Crippen molar-refractivity contribution >= 4 is 32.6 Å². The van der Waals surface area contributed by atoms with E-state index in [-0.39, 0.29) is 12.2 Å². The number of phosphoric ester groups is 2. The third-order valence-electron chi connectivity index (χ3n) is 3.56. The quantitative estimate of drug-likeness (QED) is 0.372. The lowest BCUT2D eigenvalue weighted by Gasteiger charge is -2.19. The number of fused-ring (bicyclic) bond motifs is 1. The Hall–Kier alpha value is -1.47. The van der Waals surface area contributed by atoms with Gasteiger partial charge < -0.3 is 30.0 Å². The molecule has 2 aromatic heterocycles. The maximum Gasteiger partial charge on any atom is 0.469 e. The molecular weight excluding hydrogens is 396 g/mol. The molecule has 1 aliphatic rings. The Labute approximate surface area is 145 Å². The maximum absolute atomic E-state index is 11.2. The number of hydrogen-bond donors (Lipinski definition) is 5. The van der Waals surface area contributed by atoms with E-state index in [0.717, 1.165) is 0 Å². The van der Waals surface area contributed by atoms with Crippen LogP contribution in [0.25, 0.3) is 11.2 Å². The van der Waals surface area contributed by atoms with Crippen molar-refractivity contribution in [1.82, 2.24) is 19.5 Å². The lowest BCUT2D eigenvalue weighted by atomic mass is 10.2. The molecule has 16 heteroatoms. The van der Waals surface area contributed by atoms with Crippen LogP contribution < -0.4 is 5.73 Å². The maximum atomic E-state index is 11.2. The summed E-state index contributed by atoms with van der Waals surface area (Å²) in [6.45, 7) is -0.644. The summed E-state index contributed by atoms with van der Waals surface area (Å²) in [5, 5.41) is 0. The fourth-order valence-electron chi connectivity index (χ4n) is 2.56. The van der Waals surface area contributed by atoms with Crippen molar-refractivity contribution in [2.45, 2.75) is 24.9 Å². The number of phosphoric acid groups is 2. The van der Waals surface area contributed by atoms with E-state index >= 15 is 0 Å². The number of ether oxygens (including phenoxy) is 1. The number of nitrogen functional groups attached to an aromatic ring is 1. The predicted molar refractivity (Wildman–Crippen MR) is 83.2 cm³/mol. The summed E-state index contributed by atoms with van der Waals surface area (Å²) >= 11 is 0. The van der Waals surface area contributed by atoms with E-state index in [1.165, 1.54) is 17.2 Å². The first kappa shape index (κ1) is 19.3. The molecule has 0 bridgehead atoms. The van der Waals surface area contributed by atoms with Crippen LogP contribution in [0.1, 0.15) is 12.6 Å². The number of hydrogen-bond acceptors (Lipinski definition) is 9. The van der Waals surface area contributed by atoms with Crippen molar-refractivity contribution in [1.29, 1.82) is 0 Å². The monoisotopic (exact) mass is 411 g/mol. The van der Waals surface area contributed by atoms with Gasteiger partial charge >= 0.3 is 15.6 Å². The van der Waals surface area contributed by atoms with Crippen molar-refractivity contribution < 1.29 is 42.5 Å². The van der Waals surface area contributed by atoms with Gasteiger partial charge in [0.1, 0.15) is 30.3 Å². The van der Waals surface area contributed by atoms with Crippen LogP contribution in [0, 0.1) is 0 Å². The molecule has 6 N–H and O–H groups in total. The van der Waals surface area contributed by atoms with Gasteiger partial charge in [-0.05, 0) is 0 Å². The molecule has 3 heterocycles. The minimum atomic E-state index is -4.88. The first-order valence-electron chi connectivity index (χ1n) is 7.06. The molecule has 0 amide bonds. The summed E-state index contributed by atoms with van der Waals surface area (Å²) in [7, 11) is -9.68. The first-order valence-corrected chi connectivity index (χ1v) is 10.1. The van der Waals surface area contributed by atoms with Gasteiger partial charge in [0.15, 0.2) is 11.5 Å². The smallest absolute Gasteiger partial charge is 0.382 e. The number of nitrogens with zero attached hydrogens (tertiary/aromatic N) is 4. The van der Waals surface area contributed by atoms with Crippen molar-refractivity contribution in [3.63, 3.8) is 0 Å². The molecule has 3 atom stereocenters. The highest BCUT2D eigenvalue weighted by atomic mass is 31.2. The summed E-state index contributed by atoms with van der Waals surface area (Å²) in [6, 6.07) is 0. The van der Waals surface area contributed by atoms with Crippen molar-refractivity contribution in [3.05, 3.63) is 12.7 Å². The topological polar surface area (TPSA) is 212 Å². The highest BCUT2D eigenvalue weighted by Crippen LogP contribution is 2.45. The molecule has 14 nitrogen and oxygen atoms in total. The Morgan fingerprint density at radius 2 is 1.96 bits per heavy atom. The lowest BCUT2D eigenvalue weighted by molar-refractivity contribution is -0.0417. The van der Waals surface area contributed by atoms with E-state index in [1.807, 2.05) is 0 Å². The van der Waals surface area contributed by atoms with Crippen LogP contribution in [0.2, 0.25) is 0 Å². The Morgan fingerprint density at radius 3 is 2.62 bits per heavy atom. The highest BCUT2D eigenvalue weighted by Gasteiger charge is 2.42. The fourth-order valence-corrected chi connectivity index (χ4v) is 3.48. The van der Waals surface area contributed by atoms with Gasteiger partial charge in [-0.15, -0.1) is 0 Å². The lowest BCUT2D eigenvalue weighted by Crippen LogP contribution is -2.28. The zero-order valence-electron chi connectivity index (χ0n) is 12.9. The largest absolute Gasteiger partial charge is 0.469 e. The van der Waals surface area contributed by atoms with E-state index < -0.39 is 40.7 Å². The third kappa shape index (κ3) is 4.43. The predicted octanol–water partition coefficient (Wildman–Crippen LogP) is -0.717. The molecule has 144 valence electrons. The molecular formula is C10H15N5O9P2. The SMILES string of the molecule is Nc1ncnc2c1ncn2[C@H]1C[C@@H](OP(=O)(O)O)C(COP(=O)(O)O)O1. The minimum Gasteiger partial charge on any atom is -0.382 e. The summed E-state index contributed by atoms with van der Waals surface area (Å²) in [4.78, 5) is 47.6. The zero-order chi connectivity index (χ0) is 19.1. The van der Waals surface area contributed by atoms with Crippen LogP contribution in [0.3, 0.4) is 0 Å². The second-order valence-electron chi connectivity index (χ2n) is 5.37. The van der Waals surface area contributed by atoms with Gasteiger partial charge in [0.25, 0.3) is 0 Å². The van der Waals surface area contributed by atoms with Crippen LogP contribution in [-0.4, -0.2) is 57.9 Å². The molecule has 0 spiro atoms.